The number of amides is 2. The highest BCUT2D eigenvalue weighted by Gasteiger charge is 2.34. The van der Waals surface area contributed by atoms with Crippen LogP contribution in [0.4, 0.5) is 11.4 Å². The van der Waals surface area contributed by atoms with Crippen LogP contribution in [0.2, 0.25) is 0 Å². The molecule has 4 rings (SSSR count). The van der Waals surface area contributed by atoms with Crippen molar-refractivity contribution in [2.75, 3.05) is 44.1 Å². The Bertz CT molecular complexity index is 1240. The van der Waals surface area contributed by atoms with Gasteiger partial charge < -0.3 is 25.5 Å². The summed E-state index contributed by atoms with van der Waals surface area (Å²) < 4.78 is 0. The molecule has 0 radical (unpaired) electrons. The molecule has 1 aliphatic heterocycles. The highest BCUT2D eigenvalue weighted by atomic mass is 16.3. The molecule has 0 fully saturated rings. The lowest BCUT2D eigenvalue weighted by Gasteiger charge is -2.31. The number of carbonyl (C=O) groups excluding carboxylic acids is 2. The minimum atomic E-state index is -1.36. The number of aliphatic hydroxyl groups is 3. The van der Waals surface area contributed by atoms with E-state index in [-0.39, 0.29) is 0 Å². The summed E-state index contributed by atoms with van der Waals surface area (Å²) >= 11 is 0. The summed E-state index contributed by atoms with van der Waals surface area (Å²) in [4.78, 5) is 28.3. The third-order valence-electron chi connectivity index (χ3n) is 5.93. The molecule has 1 aliphatic rings. The maximum absolute atomic E-state index is 13.2. The van der Waals surface area contributed by atoms with Crippen LogP contribution in [0.1, 0.15) is 26.3 Å². The van der Waals surface area contributed by atoms with Crippen molar-refractivity contribution in [3.05, 3.63) is 71.3 Å². The fraction of sp³-hybridized carbons (Fsp3) is 0.240. The number of nitrogens with zero attached hydrogens (tertiary/aromatic N) is 3. The second-order valence-corrected chi connectivity index (χ2v) is 8.42. The van der Waals surface area contributed by atoms with Gasteiger partial charge in [0.25, 0.3) is 11.8 Å². The van der Waals surface area contributed by atoms with Crippen molar-refractivity contribution in [1.29, 1.82) is 0 Å². The van der Waals surface area contributed by atoms with Crippen LogP contribution in [0, 0.1) is 0 Å². The molecule has 0 unspecified atom stereocenters. The third kappa shape index (κ3) is 4.01. The molecule has 0 aliphatic carbocycles. The number of hydrazone groups is 1. The minimum Gasteiger partial charge on any atom is -0.394 e. The van der Waals surface area contributed by atoms with Gasteiger partial charge in [0, 0.05) is 36.2 Å². The van der Waals surface area contributed by atoms with Gasteiger partial charge in [0.05, 0.1) is 37.2 Å². The molecule has 34 heavy (non-hydrogen) atoms. The van der Waals surface area contributed by atoms with Crippen molar-refractivity contribution < 1.29 is 24.9 Å². The van der Waals surface area contributed by atoms with Crippen LogP contribution in [0.25, 0.3) is 10.8 Å². The van der Waals surface area contributed by atoms with Crippen molar-refractivity contribution in [2.45, 2.75) is 5.54 Å². The van der Waals surface area contributed by atoms with E-state index in [1.165, 1.54) is 6.21 Å². The lowest BCUT2D eigenvalue weighted by Crippen LogP contribution is -2.49. The Morgan fingerprint density at radius 2 is 1.53 bits per heavy atom. The molecule has 176 valence electrons. The Kier molecular flexibility index (Phi) is 6.34. The normalized spacial score (nSPS) is 13.7. The number of hydrogen-bond donors (Lipinski definition) is 4. The van der Waals surface area contributed by atoms with E-state index in [0.717, 1.165) is 16.3 Å². The first-order valence-corrected chi connectivity index (χ1v) is 10.7. The smallest absolute Gasteiger partial charge is 0.282 e. The maximum Gasteiger partial charge on any atom is 0.282 e. The van der Waals surface area contributed by atoms with Crippen molar-refractivity contribution in [3.63, 3.8) is 0 Å². The van der Waals surface area contributed by atoms with Crippen LogP contribution in [0.3, 0.4) is 0 Å². The van der Waals surface area contributed by atoms with Crippen molar-refractivity contribution in [3.8, 4) is 0 Å². The minimum absolute atomic E-state index is 0.304. The molecule has 0 aromatic heterocycles. The zero-order valence-corrected chi connectivity index (χ0v) is 18.9. The highest BCUT2D eigenvalue weighted by molar-refractivity contribution is 6.26. The van der Waals surface area contributed by atoms with Crippen LogP contribution < -0.4 is 10.2 Å². The van der Waals surface area contributed by atoms with Gasteiger partial charge in [0.1, 0.15) is 5.54 Å². The van der Waals surface area contributed by atoms with E-state index in [1.54, 1.807) is 30.3 Å². The molecule has 0 saturated heterocycles. The van der Waals surface area contributed by atoms with E-state index in [0.29, 0.717) is 27.6 Å². The number of rotatable bonds is 8. The van der Waals surface area contributed by atoms with E-state index >= 15 is 0 Å². The quantitative estimate of drug-likeness (QED) is 0.296. The van der Waals surface area contributed by atoms with E-state index in [4.69, 9.17) is 0 Å². The van der Waals surface area contributed by atoms with Gasteiger partial charge in [-0.05, 0) is 35.9 Å². The average Bonchev–Trinajstić information content (AvgIpc) is 2.86. The Balaban J connectivity index is 1.71. The summed E-state index contributed by atoms with van der Waals surface area (Å²) in [5.41, 5.74) is 1.47. The summed E-state index contributed by atoms with van der Waals surface area (Å²) in [5.74, 6) is -1.11. The topological polar surface area (TPSA) is 126 Å². The Morgan fingerprint density at radius 1 is 0.912 bits per heavy atom. The van der Waals surface area contributed by atoms with Crippen molar-refractivity contribution in [1.82, 2.24) is 5.01 Å². The van der Waals surface area contributed by atoms with Crippen LogP contribution in [-0.4, -0.2) is 77.8 Å². The predicted molar refractivity (Wildman–Crippen MR) is 130 cm³/mol. The molecule has 1 heterocycles. The van der Waals surface area contributed by atoms with Crippen molar-refractivity contribution >= 4 is 40.2 Å². The standard InChI is InChI=1S/C25H26N4O5/c1-28(2)17-8-6-16(7-9-17)12-26-29-23(33)19-5-3-4-18-21(27-25(13-30,14-31)15-32)11-10-20(22(18)19)24(29)34/h3-12,27,30-32H,13-15H2,1-2H3. The average molecular weight is 463 g/mol. The third-order valence-corrected chi connectivity index (χ3v) is 5.93. The summed E-state index contributed by atoms with van der Waals surface area (Å²) in [5, 5.41) is 38.0. The second kappa shape index (κ2) is 9.22. The molecular weight excluding hydrogens is 436 g/mol. The van der Waals surface area contributed by atoms with Gasteiger partial charge in [-0.1, -0.05) is 24.3 Å². The van der Waals surface area contributed by atoms with Gasteiger partial charge in [-0.25, -0.2) is 0 Å². The van der Waals surface area contributed by atoms with Crippen LogP contribution in [0.15, 0.2) is 59.7 Å². The Hall–Kier alpha value is -3.79. The lowest BCUT2D eigenvalue weighted by molar-refractivity contribution is 0.0616. The van der Waals surface area contributed by atoms with Crippen LogP contribution in [-0.2, 0) is 0 Å². The summed E-state index contributed by atoms with van der Waals surface area (Å²) in [6, 6.07) is 15.7. The number of anilines is 2. The molecule has 4 N–H and O–H groups in total. The SMILES string of the molecule is CN(C)c1ccc(C=NN2C(=O)c3cccc4c(NC(CO)(CO)CO)ccc(c34)C2=O)cc1. The van der Waals surface area contributed by atoms with E-state index in [9.17, 15) is 24.9 Å². The number of nitrogens with one attached hydrogen (secondary N) is 1. The molecule has 3 aromatic rings. The second-order valence-electron chi connectivity index (χ2n) is 8.42. The number of hydrogen-bond acceptors (Lipinski definition) is 8. The fourth-order valence-electron chi connectivity index (χ4n) is 3.83. The Morgan fingerprint density at radius 3 is 2.12 bits per heavy atom. The molecule has 3 aromatic carbocycles. The van der Waals surface area contributed by atoms with Crippen LogP contribution >= 0.6 is 0 Å². The number of benzene rings is 3. The summed E-state index contributed by atoms with van der Waals surface area (Å²) in [7, 11) is 3.87. The van der Waals surface area contributed by atoms with Gasteiger partial charge >= 0.3 is 0 Å². The lowest BCUT2D eigenvalue weighted by atomic mass is 9.92. The van der Waals surface area contributed by atoms with Gasteiger partial charge in [0.15, 0.2) is 0 Å². The summed E-state index contributed by atoms with van der Waals surface area (Å²) in [6.45, 7) is -1.55. The first kappa shape index (κ1) is 23.4. The fourth-order valence-corrected chi connectivity index (χ4v) is 3.83. The van der Waals surface area contributed by atoms with E-state index < -0.39 is 37.2 Å². The number of imide groups is 1. The molecule has 0 bridgehead atoms. The zero-order valence-electron chi connectivity index (χ0n) is 18.9. The maximum atomic E-state index is 13.2. The predicted octanol–water partition coefficient (Wildman–Crippen LogP) is 1.66. The first-order valence-electron chi connectivity index (χ1n) is 10.7. The highest BCUT2D eigenvalue weighted by Crippen LogP contribution is 2.35. The van der Waals surface area contributed by atoms with Crippen molar-refractivity contribution in [2.24, 2.45) is 5.10 Å². The number of aliphatic hydroxyl groups excluding tert-OH is 3. The van der Waals surface area contributed by atoms with Gasteiger partial charge in [-0.3, -0.25) is 9.59 Å². The number of carbonyl (C=O) groups is 2. The van der Waals surface area contributed by atoms with E-state index in [2.05, 4.69) is 10.4 Å². The molecule has 2 amide bonds. The monoisotopic (exact) mass is 462 g/mol. The molecule has 9 nitrogen and oxygen atoms in total. The molecule has 9 heteroatoms. The molecule has 0 atom stereocenters. The van der Waals surface area contributed by atoms with Gasteiger partial charge in [-0.15, -0.1) is 0 Å². The molecule has 0 spiro atoms. The van der Waals surface area contributed by atoms with Crippen LogP contribution in [0.5, 0.6) is 0 Å². The van der Waals surface area contributed by atoms with Gasteiger partial charge in [0.2, 0.25) is 0 Å². The largest absolute Gasteiger partial charge is 0.394 e. The molecule has 0 saturated carbocycles. The zero-order chi connectivity index (χ0) is 24.5. The first-order chi connectivity index (χ1) is 16.3. The van der Waals surface area contributed by atoms with E-state index in [1.807, 2.05) is 43.3 Å². The summed E-state index contributed by atoms with van der Waals surface area (Å²) in [6.07, 6.45) is 1.47. The molecular formula is C25H26N4O5. The van der Waals surface area contributed by atoms with Gasteiger partial charge in [-0.2, -0.15) is 10.1 Å². The Labute approximate surface area is 196 Å².